The van der Waals surface area contributed by atoms with Crippen molar-refractivity contribution in [2.24, 2.45) is 17.4 Å². The Hall–Kier alpha value is -13.3. The number of carbonyl (C=O) groups is 18. The Balaban J connectivity index is 1.08. The number of phenolic OH excluding ortho intramolecular Hbond substituents is 1. The number of ketones is 1. The molecular weight excluding hydrogens is 1710 g/mol. The highest BCUT2D eigenvalue weighted by Crippen LogP contribution is 2.30. The molecule has 9 rings (SSSR count). The molecule has 6 aromatic rings. The number of primary amides is 2. The van der Waals surface area contributed by atoms with E-state index < -0.39 is 260 Å². The molecule has 3 aromatic carbocycles. The maximum absolute atomic E-state index is 15.6. The van der Waals surface area contributed by atoms with Gasteiger partial charge in [-0.3, -0.25) is 86.3 Å². The number of rotatable bonds is 22. The lowest BCUT2D eigenvalue weighted by atomic mass is 9.90. The highest BCUT2D eigenvalue weighted by molar-refractivity contribution is 8.00. The standard InChI is InChI=1S/C87H116N20O22S/c1-8-10-21-66-81(123)95-46(3)75(117)102-65(78(120)93-40-72(89)113)43-130-44-73(114)96-60(29-48-24-26-53(109)27-25-48)83(125)103(5)47(4)76(118)98-62(35-71(88)112)85(127)106-28-16-23-67(106)82(124)97-59(33-52-39-90-45-94-52)79(121)100-63(36-74(115)116)86(128)107-41-54(110)34-69(107)70(111)32-49(30-50-37-91-57-19-14-12-17-55(50)57)77(119)101-64(42-108)80(122)99-61(31-51-38-92-58-20-15-13-18-56(51)58)84(126)105(7)68(22-11-9-2)87(129)104(66)6/h12-15,17-20,24-27,37-39,45-47,49,54,59-69,91-92,108-110H,8-11,16,21-23,28-36,40-44H2,1-7H3,(H2,88,112)(H2,89,113)(H,90,94)(H,93,120)(H,95,123)(H,96,114)(H,97,124)(H,98,118)(H,99,122)(H,100,121)(H,101,119)(H,102,117)(H,115,116)/t46-,47-,49+,54+,59-,60-,61-,62-,63-,64-,65-,66-,67-,68-,69-/m0/s1. The molecule has 6 heterocycles. The first-order valence-electron chi connectivity index (χ1n) is 43.0. The molecule has 3 aliphatic rings. The number of aliphatic hydroxyl groups excluding tert-OH is 2. The molecule has 0 aliphatic carbocycles. The number of carboxylic acids is 1. The van der Waals surface area contributed by atoms with Crippen molar-refractivity contribution in [2.45, 2.75) is 215 Å². The number of unbranched alkanes of at least 4 members (excludes halogenated alkanes) is 2. The minimum Gasteiger partial charge on any atom is -0.508 e. The van der Waals surface area contributed by atoms with Crippen molar-refractivity contribution in [3.8, 4) is 5.75 Å². The molecule has 43 heteroatoms. The number of Topliss-reactive ketones (excluding diaryl/α,β-unsaturated/α-hetero) is 1. The monoisotopic (exact) mass is 1820 g/mol. The Morgan fingerprint density at radius 3 is 1.75 bits per heavy atom. The maximum Gasteiger partial charge on any atom is 0.305 e. The zero-order chi connectivity index (χ0) is 94.9. The number of aliphatic hydroxyl groups is 2. The van der Waals surface area contributed by atoms with Crippen LogP contribution in [0.1, 0.15) is 127 Å². The van der Waals surface area contributed by atoms with E-state index in [-0.39, 0.29) is 62.9 Å². The third-order valence-corrected chi connectivity index (χ3v) is 24.5. The van der Waals surface area contributed by atoms with Crippen LogP contribution in [0, 0.1) is 5.92 Å². The van der Waals surface area contributed by atoms with Gasteiger partial charge in [0.25, 0.3) is 0 Å². The number of nitrogens with one attached hydrogen (secondary N) is 12. The number of likely N-dealkylation sites (N-methyl/N-ethyl adjacent to an activating group) is 3. The van der Waals surface area contributed by atoms with Crippen LogP contribution in [0.5, 0.6) is 5.75 Å². The van der Waals surface area contributed by atoms with Gasteiger partial charge in [-0.05, 0) is 86.9 Å². The van der Waals surface area contributed by atoms with Gasteiger partial charge < -0.3 is 119 Å². The first-order chi connectivity index (χ1) is 61.9. The molecule has 3 aromatic heterocycles. The van der Waals surface area contributed by atoms with Gasteiger partial charge in [-0.1, -0.05) is 88.1 Å². The number of aromatic nitrogens is 4. The van der Waals surface area contributed by atoms with Gasteiger partial charge in [-0.25, -0.2) is 4.98 Å². The molecule has 15 atom stereocenters. The van der Waals surface area contributed by atoms with Crippen LogP contribution < -0.4 is 59.3 Å². The number of para-hydroxylation sites is 2. The number of nitrogens with zero attached hydrogens (tertiary/aromatic N) is 6. The fraction of sp³-hybridized carbons (Fsp3) is 0.506. The van der Waals surface area contributed by atoms with Gasteiger partial charge in [0.15, 0.2) is 5.78 Å². The molecule has 0 spiro atoms. The van der Waals surface area contributed by atoms with E-state index >= 15 is 28.8 Å². The van der Waals surface area contributed by atoms with Gasteiger partial charge in [0.2, 0.25) is 94.5 Å². The van der Waals surface area contributed by atoms with Crippen molar-refractivity contribution in [2.75, 3.05) is 58.9 Å². The van der Waals surface area contributed by atoms with E-state index in [1.807, 2.05) is 13.8 Å². The molecule has 16 amide bonds. The molecule has 3 saturated heterocycles. The highest BCUT2D eigenvalue weighted by Gasteiger charge is 2.47. The number of aromatic amines is 3. The smallest absolute Gasteiger partial charge is 0.305 e. The van der Waals surface area contributed by atoms with Gasteiger partial charge in [-0.2, -0.15) is 0 Å². The van der Waals surface area contributed by atoms with Gasteiger partial charge in [0, 0.05) is 124 Å². The van der Waals surface area contributed by atoms with Crippen LogP contribution >= 0.6 is 11.8 Å². The molecule has 702 valence electrons. The summed E-state index contributed by atoms with van der Waals surface area (Å²) in [7, 11) is 3.87. The summed E-state index contributed by atoms with van der Waals surface area (Å²) >= 11 is 0.767. The molecular formula is C87H116N20O22S. The predicted octanol–water partition coefficient (Wildman–Crippen LogP) is -2.65. The van der Waals surface area contributed by atoms with Gasteiger partial charge in [0.05, 0.1) is 50.2 Å². The van der Waals surface area contributed by atoms with Gasteiger partial charge in [-0.15, -0.1) is 11.8 Å². The average molecular weight is 1830 g/mol. The largest absolute Gasteiger partial charge is 0.508 e. The Morgan fingerprint density at radius 2 is 1.13 bits per heavy atom. The number of H-pyrrole nitrogens is 3. The van der Waals surface area contributed by atoms with Crippen LogP contribution in [-0.2, 0) is 112 Å². The normalized spacial score (nSPS) is 25.3. The third kappa shape index (κ3) is 26.9. The number of carboxylic acid groups (broad SMARTS) is 1. The zero-order valence-electron chi connectivity index (χ0n) is 73.3. The Bertz CT molecular complexity index is 5100. The lowest BCUT2D eigenvalue weighted by Gasteiger charge is -2.36. The van der Waals surface area contributed by atoms with Crippen LogP contribution in [0.3, 0.4) is 0 Å². The first kappa shape index (κ1) is 100. The van der Waals surface area contributed by atoms with E-state index in [1.165, 1.54) is 71.8 Å². The quantitative estimate of drug-likeness (QED) is 0.0330. The molecule has 0 unspecified atom stereocenters. The van der Waals surface area contributed by atoms with E-state index in [4.69, 9.17) is 11.5 Å². The van der Waals surface area contributed by atoms with Crippen molar-refractivity contribution in [3.05, 3.63) is 120 Å². The van der Waals surface area contributed by atoms with Gasteiger partial charge >= 0.3 is 5.97 Å². The third-order valence-electron chi connectivity index (χ3n) is 23.4. The van der Waals surface area contributed by atoms with Crippen LogP contribution in [-0.4, -0.2) is 315 Å². The molecule has 3 aliphatic heterocycles. The number of benzene rings is 3. The SMILES string of the molecule is CCCC[C@H]1C(=O)N(C)[C@@H](CCCC)C(=O)N[C@@H](C)C(=O)N[C@H](C(=O)NCC(N)=O)CSCC(=O)N[C@@H](Cc2ccc(O)cc2)C(=O)N(C)[C@@H](C)C(=O)N[C@@H](CC(N)=O)C(=O)N2CCC[C@H]2C(=O)N[C@@H](Cc2cnc[nH]2)C(=O)N[C@@H](CC(=O)O)C(=O)N2C[C@H](O)C[C@H]2C(=O)C[C@@H](Cc2c[nH]c3ccccc23)C(=O)N[C@@H](CO)C(=O)N[C@@H](Cc2c[nH]c3ccccc23)C(=O)N1C. The second kappa shape index (κ2) is 47.1. The summed E-state index contributed by atoms with van der Waals surface area (Å²) in [5.41, 5.74) is 13.9. The lowest BCUT2D eigenvalue weighted by Crippen LogP contribution is -2.60. The van der Waals surface area contributed by atoms with Crippen molar-refractivity contribution in [3.63, 3.8) is 0 Å². The minimum absolute atomic E-state index is 0.00274. The number of phenols is 1. The van der Waals surface area contributed by atoms with E-state index in [2.05, 4.69) is 67.8 Å². The highest BCUT2D eigenvalue weighted by atomic mass is 32.2. The summed E-state index contributed by atoms with van der Waals surface area (Å²) < 4.78 is 0. The number of hydrogen-bond acceptors (Lipinski definition) is 23. The lowest BCUT2D eigenvalue weighted by molar-refractivity contribution is -0.149. The molecule has 0 bridgehead atoms. The second-order valence-corrected chi connectivity index (χ2v) is 34.0. The number of carbonyl (C=O) groups excluding carboxylic acids is 17. The maximum atomic E-state index is 15.6. The molecule has 0 saturated carbocycles. The van der Waals surface area contributed by atoms with E-state index in [0.29, 0.717) is 64.2 Å². The minimum atomic E-state index is -2.05. The van der Waals surface area contributed by atoms with E-state index in [0.717, 1.165) is 36.3 Å². The second-order valence-electron chi connectivity index (χ2n) is 32.9. The van der Waals surface area contributed by atoms with Crippen LogP contribution in [0.2, 0.25) is 0 Å². The number of aliphatic carboxylic acids is 1. The number of fused-ring (bicyclic) bond motifs is 4. The number of amides is 16. The van der Waals surface area contributed by atoms with E-state index in [1.54, 1.807) is 60.9 Å². The van der Waals surface area contributed by atoms with Crippen molar-refractivity contribution in [1.29, 1.82) is 0 Å². The fourth-order valence-corrected chi connectivity index (χ4v) is 16.9. The van der Waals surface area contributed by atoms with Gasteiger partial charge in [0.1, 0.15) is 78.3 Å². The average Bonchev–Trinajstić information content (AvgIpc) is 1.63. The molecule has 3 fully saturated rings. The van der Waals surface area contributed by atoms with Crippen molar-refractivity contribution in [1.82, 2.24) is 92.3 Å². The number of thioether (sulfide) groups is 1. The Labute approximate surface area is 752 Å². The van der Waals surface area contributed by atoms with Crippen molar-refractivity contribution >= 4 is 140 Å². The number of nitrogens with two attached hydrogens (primary N) is 2. The zero-order valence-corrected chi connectivity index (χ0v) is 74.2. The Kier molecular flexibility index (Phi) is 36.4. The fourth-order valence-electron chi connectivity index (χ4n) is 16.1. The molecule has 130 heavy (non-hydrogen) atoms. The molecule has 0 radical (unpaired) electrons. The van der Waals surface area contributed by atoms with E-state index in [9.17, 15) is 78.0 Å². The van der Waals surface area contributed by atoms with Crippen LogP contribution in [0.4, 0.5) is 0 Å². The number of imidazole rings is 1. The number of aromatic hydroxyl groups is 1. The summed E-state index contributed by atoms with van der Waals surface area (Å²) in [6.07, 6.45) is 1.56. The molecule has 42 nitrogen and oxygen atoms in total. The summed E-state index contributed by atoms with van der Waals surface area (Å²) in [5.74, 6) is -20.9. The molecule has 20 N–H and O–H groups in total. The topological polar surface area (TPSA) is 625 Å². The summed E-state index contributed by atoms with van der Waals surface area (Å²) in [6.45, 7) is 3.61. The van der Waals surface area contributed by atoms with Crippen LogP contribution in [0.15, 0.2) is 97.7 Å². The summed E-state index contributed by atoms with van der Waals surface area (Å²) in [6, 6.07) is -1.45. The van der Waals surface area contributed by atoms with Crippen LogP contribution in [0.25, 0.3) is 21.8 Å². The summed E-state index contributed by atoms with van der Waals surface area (Å²) in [4.78, 5) is 278. The summed E-state index contributed by atoms with van der Waals surface area (Å²) in [5, 5.41) is 67.2. The van der Waals surface area contributed by atoms with Crippen molar-refractivity contribution < 1.29 is 107 Å². The first-order valence-corrected chi connectivity index (χ1v) is 44.2. The predicted molar refractivity (Wildman–Crippen MR) is 470 cm³/mol. The Morgan fingerprint density at radius 1 is 0.562 bits per heavy atom. The number of hydrogen-bond donors (Lipinski definition) is 18.